The van der Waals surface area contributed by atoms with Gasteiger partial charge in [0.2, 0.25) is 0 Å². The maximum Gasteiger partial charge on any atom is 0.272 e. The third-order valence-electron chi connectivity index (χ3n) is 3.52. The number of hydrogen-bond acceptors (Lipinski definition) is 4. The molecule has 1 saturated carbocycles. The molecule has 3 N–H and O–H groups in total. The minimum Gasteiger partial charge on any atom is -0.344 e. The largest absolute Gasteiger partial charge is 0.344 e. The first-order chi connectivity index (χ1) is 8.56. The Balaban J connectivity index is 0.00000180. The highest BCUT2D eigenvalue weighted by Crippen LogP contribution is 2.28. The number of halogens is 1. The number of nitrogens with one attached hydrogen (secondary N) is 1. The first-order valence-electron chi connectivity index (χ1n) is 6.13. The first kappa shape index (κ1) is 15.7. The van der Waals surface area contributed by atoms with Crippen molar-refractivity contribution in [2.45, 2.75) is 31.2 Å². The Morgan fingerprint density at radius 2 is 2.11 bits per heavy atom. The van der Waals surface area contributed by atoms with Gasteiger partial charge in [-0.05, 0) is 18.9 Å². The number of nitrogens with zero attached hydrogens (tertiary/aromatic N) is 2. The van der Waals surface area contributed by atoms with Crippen LogP contribution in [-0.4, -0.2) is 27.8 Å². The van der Waals surface area contributed by atoms with Gasteiger partial charge in [0, 0.05) is 19.7 Å². The zero-order valence-corrected chi connectivity index (χ0v) is 11.7. The number of nitrogens with two attached hydrogens (primary N) is 1. The molecule has 0 atom stereocenters. The van der Waals surface area contributed by atoms with Gasteiger partial charge in [0.1, 0.15) is 5.69 Å². The van der Waals surface area contributed by atoms with E-state index in [0.29, 0.717) is 6.54 Å². The van der Waals surface area contributed by atoms with Gasteiger partial charge >= 0.3 is 0 Å². The average Bonchev–Trinajstić information content (AvgIpc) is 2.82. The van der Waals surface area contributed by atoms with Crippen LogP contribution in [0, 0.1) is 0 Å². The summed E-state index contributed by atoms with van der Waals surface area (Å²) in [5, 5.41) is 6.89. The molecule has 2 rings (SSSR count). The molecule has 1 aliphatic carbocycles. The van der Waals surface area contributed by atoms with E-state index >= 15 is 0 Å². The number of hydrogen-bond donors (Lipinski definition) is 2. The summed E-state index contributed by atoms with van der Waals surface area (Å²) < 4.78 is 1.15. The van der Waals surface area contributed by atoms with Crippen molar-refractivity contribution in [3.8, 4) is 0 Å². The fraction of sp³-hybridized carbons (Fsp3) is 0.583. The molecule has 0 radical (unpaired) electrons. The molecule has 0 aliphatic heterocycles. The van der Waals surface area contributed by atoms with E-state index in [0.717, 1.165) is 30.4 Å². The molecule has 0 bridgehead atoms. The predicted octanol–water partition coefficient (Wildman–Crippen LogP) is 0.203. The van der Waals surface area contributed by atoms with Crippen molar-refractivity contribution in [3.63, 3.8) is 0 Å². The molecule has 6 nitrogen and oxygen atoms in total. The van der Waals surface area contributed by atoms with Crippen molar-refractivity contribution in [2.75, 3.05) is 6.54 Å². The lowest BCUT2D eigenvalue weighted by molar-refractivity contribution is 0.0895. The highest BCUT2D eigenvalue weighted by molar-refractivity contribution is 5.92. The van der Waals surface area contributed by atoms with Crippen molar-refractivity contribution >= 4 is 18.3 Å². The topological polar surface area (TPSA) is 90.0 Å². The monoisotopic (exact) mass is 286 g/mol. The van der Waals surface area contributed by atoms with Crippen molar-refractivity contribution in [3.05, 3.63) is 28.2 Å². The van der Waals surface area contributed by atoms with E-state index in [-0.39, 0.29) is 35.1 Å². The molecular weight excluding hydrogens is 268 g/mol. The second-order valence-corrected chi connectivity index (χ2v) is 4.83. The van der Waals surface area contributed by atoms with Gasteiger partial charge in [0.15, 0.2) is 0 Å². The second kappa shape index (κ2) is 6.16. The number of aryl methyl sites for hydroxylation is 1. The Morgan fingerprint density at radius 1 is 1.47 bits per heavy atom. The van der Waals surface area contributed by atoms with E-state index in [1.165, 1.54) is 19.2 Å². The van der Waals surface area contributed by atoms with Gasteiger partial charge in [-0.2, -0.15) is 5.10 Å². The Kier molecular flexibility index (Phi) is 5.08. The van der Waals surface area contributed by atoms with Crippen molar-refractivity contribution in [2.24, 2.45) is 12.8 Å². The Hall–Kier alpha value is -1.40. The van der Waals surface area contributed by atoms with Crippen LogP contribution in [0.25, 0.3) is 0 Å². The maximum atomic E-state index is 12.1. The zero-order valence-electron chi connectivity index (χ0n) is 10.9. The van der Waals surface area contributed by atoms with Crippen LogP contribution in [-0.2, 0) is 7.05 Å². The van der Waals surface area contributed by atoms with Crippen LogP contribution >= 0.6 is 12.4 Å². The van der Waals surface area contributed by atoms with Crippen LogP contribution in [0.15, 0.2) is 16.9 Å². The fourth-order valence-corrected chi connectivity index (χ4v) is 2.36. The van der Waals surface area contributed by atoms with Crippen molar-refractivity contribution in [1.82, 2.24) is 15.1 Å². The SMILES string of the molecule is Cl.Cn1nc(C(=O)NC2(CN)CCCC2)ccc1=O. The van der Waals surface area contributed by atoms with E-state index in [2.05, 4.69) is 10.4 Å². The molecule has 0 unspecified atom stereocenters. The Morgan fingerprint density at radius 3 is 2.63 bits per heavy atom. The van der Waals surface area contributed by atoms with Crippen LogP contribution < -0.4 is 16.6 Å². The van der Waals surface area contributed by atoms with Gasteiger partial charge in [0.25, 0.3) is 11.5 Å². The van der Waals surface area contributed by atoms with Crippen LogP contribution in [0.2, 0.25) is 0 Å². The molecule has 0 spiro atoms. The van der Waals surface area contributed by atoms with Gasteiger partial charge in [-0.1, -0.05) is 12.8 Å². The summed E-state index contributed by atoms with van der Waals surface area (Å²) in [6, 6.07) is 2.78. The van der Waals surface area contributed by atoms with Crippen LogP contribution in [0.4, 0.5) is 0 Å². The average molecular weight is 287 g/mol. The fourth-order valence-electron chi connectivity index (χ4n) is 2.36. The summed E-state index contributed by atoms with van der Waals surface area (Å²) in [7, 11) is 1.52. The minimum absolute atomic E-state index is 0. The van der Waals surface area contributed by atoms with Gasteiger partial charge in [-0.3, -0.25) is 9.59 Å². The Labute approximate surface area is 117 Å². The number of aromatic nitrogens is 2. The summed E-state index contributed by atoms with van der Waals surface area (Å²) in [5.41, 5.74) is 5.47. The smallest absolute Gasteiger partial charge is 0.272 e. The normalized spacial score (nSPS) is 16.7. The molecule has 1 aromatic heterocycles. The van der Waals surface area contributed by atoms with E-state index in [1.54, 1.807) is 0 Å². The molecule has 0 aromatic carbocycles. The zero-order chi connectivity index (χ0) is 13.2. The molecule has 1 aromatic rings. The number of carbonyl (C=O) groups excluding carboxylic acids is 1. The molecular formula is C12H19ClN4O2. The van der Waals surface area contributed by atoms with Crippen molar-refractivity contribution < 1.29 is 4.79 Å². The lowest BCUT2D eigenvalue weighted by Gasteiger charge is -2.28. The second-order valence-electron chi connectivity index (χ2n) is 4.83. The number of carbonyl (C=O) groups is 1. The lowest BCUT2D eigenvalue weighted by atomic mass is 9.97. The van der Waals surface area contributed by atoms with E-state index in [1.807, 2.05) is 0 Å². The van der Waals surface area contributed by atoms with E-state index in [4.69, 9.17) is 5.73 Å². The van der Waals surface area contributed by atoms with E-state index in [9.17, 15) is 9.59 Å². The third-order valence-corrected chi connectivity index (χ3v) is 3.52. The molecule has 1 heterocycles. The Bertz CT molecular complexity index is 509. The number of amides is 1. The standard InChI is InChI=1S/C12H18N4O2.ClH/c1-16-10(17)5-4-9(15-16)11(18)14-12(8-13)6-2-3-7-12;/h4-5H,2-3,6-8,13H2,1H3,(H,14,18);1H. The third kappa shape index (κ3) is 3.33. The highest BCUT2D eigenvalue weighted by Gasteiger charge is 2.34. The summed E-state index contributed by atoms with van der Waals surface area (Å²) in [6.45, 7) is 0.435. The van der Waals surface area contributed by atoms with Gasteiger partial charge in [-0.15, -0.1) is 12.4 Å². The molecule has 7 heteroatoms. The molecule has 1 aliphatic rings. The first-order valence-corrected chi connectivity index (χ1v) is 6.13. The van der Waals surface area contributed by atoms with Crippen LogP contribution in [0.1, 0.15) is 36.2 Å². The summed E-state index contributed by atoms with van der Waals surface area (Å²) in [4.78, 5) is 23.3. The minimum atomic E-state index is -0.298. The molecule has 1 amide bonds. The summed E-state index contributed by atoms with van der Waals surface area (Å²) in [5.74, 6) is -0.266. The maximum absolute atomic E-state index is 12.1. The molecule has 1 fully saturated rings. The van der Waals surface area contributed by atoms with Gasteiger partial charge in [-0.25, -0.2) is 4.68 Å². The quantitative estimate of drug-likeness (QED) is 0.831. The van der Waals surface area contributed by atoms with E-state index < -0.39 is 0 Å². The predicted molar refractivity (Wildman–Crippen MR) is 74.4 cm³/mol. The lowest BCUT2D eigenvalue weighted by Crippen LogP contribution is -2.52. The van der Waals surface area contributed by atoms with Gasteiger partial charge < -0.3 is 11.1 Å². The highest BCUT2D eigenvalue weighted by atomic mass is 35.5. The summed E-state index contributed by atoms with van der Waals surface area (Å²) in [6.07, 6.45) is 3.97. The van der Waals surface area contributed by atoms with Crippen LogP contribution in [0.5, 0.6) is 0 Å². The molecule has 106 valence electrons. The summed E-state index contributed by atoms with van der Waals surface area (Å²) >= 11 is 0. The van der Waals surface area contributed by atoms with Crippen molar-refractivity contribution in [1.29, 1.82) is 0 Å². The molecule has 0 saturated heterocycles. The molecule has 19 heavy (non-hydrogen) atoms. The van der Waals surface area contributed by atoms with Gasteiger partial charge in [0.05, 0.1) is 5.54 Å². The van der Waals surface area contributed by atoms with Crippen LogP contribution in [0.3, 0.4) is 0 Å². The number of rotatable bonds is 3.